The number of hydrogen-bond donors (Lipinski definition) is 1. The van der Waals surface area contributed by atoms with Crippen LogP contribution in [0.5, 0.6) is 0 Å². The van der Waals surface area contributed by atoms with Gasteiger partial charge in [-0.25, -0.2) is 4.98 Å². The molecule has 2 aromatic heterocycles. The number of aromatic nitrogens is 3. The molecule has 2 heterocycles. The van der Waals surface area contributed by atoms with Crippen molar-refractivity contribution in [3.63, 3.8) is 0 Å². The van der Waals surface area contributed by atoms with Crippen LogP contribution in [-0.2, 0) is 16.1 Å². The van der Waals surface area contributed by atoms with Gasteiger partial charge in [-0.05, 0) is 38.5 Å². The SMILES string of the molecule is CCOCCCn1c(SCCC(=O)Nc2cc(C)on2)nc2ccc(Br)cc2c1=O. The summed E-state index contributed by atoms with van der Waals surface area (Å²) in [7, 11) is 0. The van der Waals surface area contributed by atoms with Crippen molar-refractivity contribution in [3.05, 3.63) is 44.9 Å². The van der Waals surface area contributed by atoms with Crippen molar-refractivity contribution >= 4 is 50.3 Å². The number of aryl methyl sites for hydroxylation is 1. The van der Waals surface area contributed by atoms with Crippen LogP contribution >= 0.6 is 27.7 Å². The maximum Gasteiger partial charge on any atom is 0.262 e. The minimum atomic E-state index is -0.175. The number of benzene rings is 1. The highest BCUT2D eigenvalue weighted by Crippen LogP contribution is 2.21. The van der Waals surface area contributed by atoms with Crippen LogP contribution in [0.15, 0.2) is 43.2 Å². The fourth-order valence-corrected chi connectivity index (χ4v) is 4.14. The van der Waals surface area contributed by atoms with Crippen LogP contribution in [0.2, 0.25) is 0 Å². The van der Waals surface area contributed by atoms with Crippen LogP contribution in [0, 0.1) is 6.92 Å². The molecule has 3 rings (SSSR count). The molecule has 0 bridgehead atoms. The second-order valence-electron chi connectivity index (χ2n) is 6.53. The number of thioether (sulfide) groups is 1. The summed E-state index contributed by atoms with van der Waals surface area (Å²) in [6.45, 7) is 5.41. The van der Waals surface area contributed by atoms with Crippen LogP contribution in [0.25, 0.3) is 10.9 Å². The van der Waals surface area contributed by atoms with Gasteiger partial charge in [-0.3, -0.25) is 14.2 Å². The van der Waals surface area contributed by atoms with E-state index >= 15 is 0 Å². The van der Waals surface area contributed by atoms with Crippen molar-refractivity contribution in [3.8, 4) is 0 Å². The summed E-state index contributed by atoms with van der Waals surface area (Å²) < 4.78 is 12.8. The molecule has 160 valence electrons. The molecule has 0 aliphatic rings. The predicted molar refractivity (Wildman–Crippen MR) is 120 cm³/mol. The Labute approximate surface area is 186 Å². The van der Waals surface area contributed by atoms with E-state index in [-0.39, 0.29) is 17.9 Å². The molecule has 0 atom stereocenters. The second-order valence-corrected chi connectivity index (χ2v) is 8.51. The minimum Gasteiger partial charge on any atom is -0.382 e. The summed E-state index contributed by atoms with van der Waals surface area (Å²) in [5.41, 5.74) is 0.539. The fourth-order valence-electron chi connectivity index (χ4n) is 2.81. The van der Waals surface area contributed by atoms with E-state index in [1.54, 1.807) is 23.6 Å². The van der Waals surface area contributed by atoms with E-state index in [2.05, 4.69) is 31.4 Å². The van der Waals surface area contributed by atoms with Gasteiger partial charge < -0.3 is 14.6 Å². The molecule has 1 aromatic carbocycles. The van der Waals surface area contributed by atoms with E-state index in [0.717, 1.165) is 4.47 Å². The zero-order valence-corrected chi connectivity index (χ0v) is 19.2. The Morgan fingerprint density at radius 3 is 2.93 bits per heavy atom. The highest BCUT2D eigenvalue weighted by atomic mass is 79.9. The zero-order valence-electron chi connectivity index (χ0n) is 16.8. The first kappa shape index (κ1) is 22.5. The number of rotatable bonds is 10. The number of ether oxygens (including phenoxy) is 1. The summed E-state index contributed by atoms with van der Waals surface area (Å²) in [5, 5.41) is 7.60. The van der Waals surface area contributed by atoms with Crippen molar-refractivity contribution in [1.29, 1.82) is 0 Å². The summed E-state index contributed by atoms with van der Waals surface area (Å²) in [6, 6.07) is 7.11. The van der Waals surface area contributed by atoms with E-state index in [0.29, 0.717) is 59.6 Å². The van der Waals surface area contributed by atoms with Gasteiger partial charge in [0.1, 0.15) is 5.76 Å². The number of hydrogen-bond acceptors (Lipinski definition) is 7. The molecule has 3 aromatic rings. The standard InChI is InChI=1S/C20H23BrN4O4S/c1-3-28-9-4-8-25-19(27)15-12-14(21)5-6-16(15)22-20(25)30-10-7-18(26)23-17-11-13(2)29-24-17/h5-6,11-12H,3-4,7-10H2,1-2H3,(H,23,24,26). The number of carbonyl (C=O) groups is 1. The first-order valence-corrected chi connectivity index (χ1v) is 11.4. The molecule has 0 unspecified atom stereocenters. The highest BCUT2D eigenvalue weighted by molar-refractivity contribution is 9.10. The van der Waals surface area contributed by atoms with Crippen molar-refractivity contribution in [2.45, 2.75) is 38.4 Å². The number of fused-ring (bicyclic) bond motifs is 1. The molecule has 0 saturated carbocycles. The lowest BCUT2D eigenvalue weighted by molar-refractivity contribution is -0.115. The Kier molecular flexibility index (Phi) is 8.06. The average molecular weight is 495 g/mol. The molecule has 0 saturated heterocycles. The van der Waals surface area contributed by atoms with Crippen molar-refractivity contribution < 1.29 is 14.1 Å². The molecule has 0 fully saturated rings. The largest absolute Gasteiger partial charge is 0.382 e. The predicted octanol–water partition coefficient (Wildman–Crippen LogP) is 4.00. The summed E-state index contributed by atoms with van der Waals surface area (Å²) in [6.07, 6.45) is 0.957. The molecule has 10 heteroatoms. The average Bonchev–Trinajstić information content (AvgIpc) is 3.12. The maximum atomic E-state index is 13.1. The molecule has 30 heavy (non-hydrogen) atoms. The number of amides is 1. The van der Waals surface area contributed by atoms with Crippen molar-refractivity contribution in [2.24, 2.45) is 0 Å². The normalized spacial score (nSPS) is 11.2. The van der Waals surface area contributed by atoms with Crippen LogP contribution in [-0.4, -0.2) is 39.6 Å². The minimum absolute atomic E-state index is 0.0946. The van der Waals surface area contributed by atoms with Gasteiger partial charge >= 0.3 is 0 Å². The topological polar surface area (TPSA) is 99.2 Å². The lowest BCUT2D eigenvalue weighted by Gasteiger charge is -2.13. The molecular weight excluding hydrogens is 472 g/mol. The smallest absolute Gasteiger partial charge is 0.262 e. The van der Waals surface area contributed by atoms with Gasteiger partial charge in [0.05, 0.1) is 10.9 Å². The van der Waals surface area contributed by atoms with Crippen LogP contribution in [0.4, 0.5) is 5.82 Å². The van der Waals surface area contributed by atoms with E-state index < -0.39 is 0 Å². The van der Waals surface area contributed by atoms with Gasteiger partial charge in [-0.15, -0.1) is 0 Å². The Balaban J connectivity index is 1.72. The first-order valence-electron chi connectivity index (χ1n) is 9.61. The van der Waals surface area contributed by atoms with E-state index in [9.17, 15) is 9.59 Å². The summed E-state index contributed by atoms with van der Waals surface area (Å²) in [5.74, 6) is 1.32. The fraction of sp³-hybridized carbons (Fsp3) is 0.400. The lowest BCUT2D eigenvalue weighted by Crippen LogP contribution is -2.24. The Bertz CT molecular complexity index is 1080. The molecular formula is C20H23BrN4O4S. The van der Waals surface area contributed by atoms with E-state index in [1.807, 2.05) is 19.1 Å². The van der Waals surface area contributed by atoms with Gasteiger partial charge in [0.25, 0.3) is 5.56 Å². The molecule has 0 spiro atoms. The number of nitrogens with one attached hydrogen (secondary N) is 1. The number of nitrogens with zero attached hydrogens (tertiary/aromatic N) is 3. The Hall–Kier alpha value is -2.17. The molecule has 0 radical (unpaired) electrons. The van der Waals surface area contributed by atoms with Crippen molar-refractivity contribution in [2.75, 3.05) is 24.3 Å². The van der Waals surface area contributed by atoms with E-state index in [1.165, 1.54) is 11.8 Å². The maximum absolute atomic E-state index is 13.1. The quantitative estimate of drug-likeness (QED) is 0.258. The highest BCUT2D eigenvalue weighted by Gasteiger charge is 2.13. The van der Waals surface area contributed by atoms with E-state index in [4.69, 9.17) is 9.26 Å². The van der Waals surface area contributed by atoms with Crippen LogP contribution < -0.4 is 10.9 Å². The Morgan fingerprint density at radius 1 is 1.37 bits per heavy atom. The number of halogens is 1. The number of carbonyl (C=O) groups excluding carboxylic acids is 1. The van der Waals surface area contributed by atoms with Crippen molar-refractivity contribution in [1.82, 2.24) is 14.7 Å². The molecule has 1 amide bonds. The third-order valence-electron chi connectivity index (χ3n) is 4.21. The van der Waals surface area contributed by atoms with Gasteiger partial charge in [0.2, 0.25) is 5.91 Å². The zero-order chi connectivity index (χ0) is 21.5. The van der Waals surface area contributed by atoms with Crippen LogP contribution in [0.1, 0.15) is 25.5 Å². The van der Waals surface area contributed by atoms with Gasteiger partial charge in [-0.1, -0.05) is 32.8 Å². The molecule has 0 aliphatic carbocycles. The third-order valence-corrected chi connectivity index (χ3v) is 5.68. The molecule has 8 nitrogen and oxygen atoms in total. The molecule has 0 aliphatic heterocycles. The summed E-state index contributed by atoms with van der Waals surface area (Å²) in [4.78, 5) is 29.9. The first-order chi connectivity index (χ1) is 14.5. The molecule has 1 N–H and O–H groups in total. The van der Waals surface area contributed by atoms with Crippen LogP contribution in [0.3, 0.4) is 0 Å². The lowest BCUT2D eigenvalue weighted by atomic mass is 10.2. The summed E-state index contributed by atoms with van der Waals surface area (Å²) >= 11 is 4.79. The Morgan fingerprint density at radius 2 is 2.20 bits per heavy atom. The van der Waals surface area contributed by atoms with Gasteiger partial charge in [0, 0.05) is 42.5 Å². The second kappa shape index (κ2) is 10.7. The van der Waals surface area contributed by atoms with Gasteiger partial charge in [0.15, 0.2) is 11.0 Å². The third kappa shape index (κ3) is 5.93. The van der Waals surface area contributed by atoms with Gasteiger partial charge in [-0.2, -0.15) is 0 Å². The number of anilines is 1. The monoisotopic (exact) mass is 494 g/mol.